The maximum Gasteiger partial charge on any atom is 0.301 e. The summed E-state index contributed by atoms with van der Waals surface area (Å²) in [6.07, 6.45) is 0. The Kier molecular flexibility index (Phi) is 4.99. The quantitative estimate of drug-likeness (QED) is 0.810. The van der Waals surface area contributed by atoms with E-state index in [9.17, 15) is 8.42 Å². The first-order valence-corrected chi connectivity index (χ1v) is 6.87. The van der Waals surface area contributed by atoms with Gasteiger partial charge in [-0.25, -0.2) is 0 Å². The zero-order chi connectivity index (χ0) is 13.8. The maximum absolute atomic E-state index is 11.7. The number of nitrogens with zero attached hydrogens (tertiary/aromatic N) is 1. The van der Waals surface area contributed by atoms with Gasteiger partial charge in [0.15, 0.2) is 0 Å². The Bertz CT molecular complexity index is 588. The van der Waals surface area contributed by atoms with E-state index in [0.717, 1.165) is 4.31 Å². The van der Waals surface area contributed by atoms with Crippen LogP contribution < -0.4 is 10.5 Å². The van der Waals surface area contributed by atoms with E-state index in [1.54, 1.807) is 12.1 Å². The largest absolute Gasteiger partial charge is 0.320 e. The Morgan fingerprint density at radius 1 is 1.44 bits per heavy atom. The molecule has 98 valence electrons. The number of hydrogen-bond donors (Lipinski definition) is 2. The van der Waals surface area contributed by atoms with Crippen LogP contribution in [0.3, 0.4) is 0 Å². The van der Waals surface area contributed by atoms with Crippen LogP contribution in [0.4, 0.5) is 5.69 Å². The second kappa shape index (κ2) is 6.07. The van der Waals surface area contributed by atoms with Crippen molar-refractivity contribution < 1.29 is 8.42 Å². The van der Waals surface area contributed by atoms with Crippen molar-refractivity contribution in [3.63, 3.8) is 0 Å². The minimum atomic E-state index is -3.59. The third kappa shape index (κ3) is 3.89. The SMILES string of the molecule is CN(C)S(=O)(=O)Nc1cc(Cl)ccc1C#CCN. The summed E-state index contributed by atoms with van der Waals surface area (Å²) in [5, 5.41) is 0.421. The van der Waals surface area contributed by atoms with Crippen molar-refractivity contribution >= 4 is 27.5 Å². The summed E-state index contributed by atoms with van der Waals surface area (Å²) in [7, 11) is -0.733. The third-order valence-electron chi connectivity index (χ3n) is 2.03. The second-order valence-electron chi connectivity index (χ2n) is 3.59. The van der Waals surface area contributed by atoms with Crippen molar-refractivity contribution in [2.45, 2.75) is 0 Å². The van der Waals surface area contributed by atoms with Crippen LogP contribution in [0.15, 0.2) is 18.2 Å². The highest BCUT2D eigenvalue weighted by molar-refractivity contribution is 7.90. The number of nitrogens with one attached hydrogen (secondary N) is 1. The maximum atomic E-state index is 11.7. The summed E-state index contributed by atoms with van der Waals surface area (Å²) in [6, 6.07) is 4.77. The fourth-order valence-electron chi connectivity index (χ4n) is 1.09. The number of benzene rings is 1. The molecule has 0 aliphatic heterocycles. The van der Waals surface area contributed by atoms with Gasteiger partial charge in [0.1, 0.15) is 0 Å². The Hall–Kier alpha value is -1.26. The van der Waals surface area contributed by atoms with Crippen molar-refractivity contribution in [3.8, 4) is 11.8 Å². The van der Waals surface area contributed by atoms with E-state index in [2.05, 4.69) is 16.6 Å². The summed E-state index contributed by atoms with van der Waals surface area (Å²) in [5.74, 6) is 5.45. The number of hydrogen-bond acceptors (Lipinski definition) is 3. The van der Waals surface area contributed by atoms with Crippen molar-refractivity contribution in [2.75, 3.05) is 25.4 Å². The molecule has 0 aliphatic rings. The number of anilines is 1. The van der Waals surface area contributed by atoms with Crippen LogP contribution in [0.5, 0.6) is 0 Å². The summed E-state index contributed by atoms with van der Waals surface area (Å²) >= 11 is 5.84. The first-order valence-electron chi connectivity index (χ1n) is 5.05. The normalized spacial score (nSPS) is 10.9. The minimum Gasteiger partial charge on any atom is -0.320 e. The van der Waals surface area contributed by atoms with Gasteiger partial charge in [0.25, 0.3) is 0 Å². The molecule has 0 fully saturated rings. The lowest BCUT2D eigenvalue weighted by molar-refractivity contribution is 0.527. The number of rotatable bonds is 3. The Balaban J connectivity index is 3.18. The topological polar surface area (TPSA) is 75.4 Å². The Morgan fingerprint density at radius 2 is 2.11 bits per heavy atom. The van der Waals surface area contributed by atoms with Crippen LogP contribution in [0.1, 0.15) is 5.56 Å². The molecular formula is C11H14ClN3O2S. The van der Waals surface area contributed by atoms with E-state index in [4.69, 9.17) is 17.3 Å². The molecule has 18 heavy (non-hydrogen) atoms. The first-order chi connectivity index (χ1) is 8.36. The van der Waals surface area contributed by atoms with Crippen molar-refractivity contribution in [2.24, 2.45) is 5.73 Å². The summed E-state index contributed by atoms with van der Waals surface area (Å²) in [4.78, 5) is 0. The third-order valence-corrected chi connectivity index (χ3v) is 3.70. The molecule has 0 atom stereocenters. The van der Waals surface area contributed by atoms with Crippen LogP contribution >= 0.6 is 11.6 Å². The average Bonchev–Trinajstić information content (AvgIpc) is 2.27. The van der Waals surface area contributed by atoms with Crippen molar-refractivity contribution in [1.82, 2.24) is 4.31 Å². The van der Waals surface area contributed by atoms with Crippen molar-refractivity contribution in [3.05, 3.63) is 28.8 Å². The van der Waals surface area contributed by atoms with Gasteiger partial charge in [0.05, 0.1) is 12.2 Å². The van der Waals surface area contributed by atoms with Crippen LogP contribution in [-0.4, -0.2) is 33.4 Å². The Morgan fingerprint density at radius 3 is 2.67 bits per heavy atom. The molecule has 3 N–H and O–H groups in total. The van der Waals surface area contributed by atoms with E-state index in [1.807, 2.05) is 0 Å². The molecule has 0 heterocycles. The molecule has 0 bridgehead atoms. The lowest BCUT2D eigenvalue weighted by atomic mass is 10.2. The Labute approximate surface area is 112 Å². The molecule has 0 amide bonds. The van der Waals surface area contributed by atoms with Crippen LogP contribution in [0.25, 0.3) is 0 Å². The smallest absolute Gasteiger partial charge is 0.301 e. The molecule has 0 radical (unpaired) electrons. The summed E-state index contributed by atoms with van der Waals surface area (Å²) in [5.41, 5.74) is 6.14. The van der Waals surface area contributed by atoms with Gasteiger partial charge in [-0.15, -0.1) is 0 Å². The lowest BCUT2D eigenvalue weighted by Crippen LogP contribution is -2.29. The molecule has 1 aromatic carbocycles. The molecular weight excluding hydrogens is 274 g/mol. The number of nitrogens with two attached hydrogens (primary N) is 1. The zero-order valence-electron chi connectivity index (χ0n) is 10.1. The molecule has 0 saturated heterocycles. The van der Waals surface area contributed by atoms with Gasteiger partial charge >= 0.3 is 10.2 Å². The van der Waals surface area contributed by atoms with Gasteiger partial charge in [-0.05, 0) is 18.2 Å². The van der Waals surface area contributed by atoms with Crippen LogP contribution in [0, 0.1) is 11.8 Å². The zero-order valence-corrected chi connectivity index (χ0v) is 11.6. The molecule has 5 nitrogen and oxygen atoms in total. The summed E-state index contributed by atoms with van der Waals surface area (Å²) in [6.45, 7) is 0.197. The molecule has 0 aromatic heterocycles. The molecule has 0 saturated carbocycles. The molecule has 0 aliphatic carbocycles. The van der Waals surface area contributed by atoms with Gasteiger partial charge in [0, 0.05) is 24.7 Å². The van der Waals surface area contributed by atoms with E-state index in [0.29, 0.717) is 16.3 Å². The molecule has 0 unspecified atom stereocenters. The average molecular weight is 288 g/mol. The standard InChI is InChI=1S/C11H14ClN3O2S/c1-15(2)18(16,17)14-11-8-10(12)6-5-9(11)4-3-7-13/h5-6,8,14H,7,13H2,1-2H3. The fraction of sp³-hybridized carbons (Fsp3) is 0.273. The highest BCUT2D eigenvalue weighted by Crippen LogP contribution is 2.21. The molecule has 1 aromatic rings. The number of halogens is 1. The van der Waals surface area contributed by atoms with E-state index in [1.165, 1.54) is 20.2 Å². The minimum absolute atomic E-state index is 0.197. The predicted molar refractivity (Wildman–Crippen MR) is 73.6 cm³/mol. The van der Waals surface area contributed by atoms with Gasteiger partial charge < -0.3 is 5.73 Å². The highest BCUT2D eigenvalue weighted by atomic mass is 35.5. The lowest BCUT2D eigenvalue weighted by Gasteiger charge is -2.14. The van der Waals surface area contributed by atoms with Gasteiger partial charge in [-0.3, -0.25) is 4.72 Å². The van der Waals surface area contributed by atoms with Gasteiger partial charge in [-0.2, -0.15) is 12.7 Å². The van der Waals surface area contributed by atoms with E-state index < -0.39 is 10.2 Å². The monoisotopic (exact) mass is 287 g/mol. The van der Waals surface area contributed by atoms with Gasteiger partial charge in [-0.1, -0.05) is 23.4 Å². The van der Waals surface area contributed by atoms with Crippen molar-refractivity contribution in [1.29, 1.82) is 0 Å². The van der Waals surface area contributed by atoms with Crippen LogP contribution in [0.2, 0.25) is 5.02 Å². The van der Waals surface area contributed by atoms with Crippen LogP contribution in [-0.2, 0) is 10.2 Å². The molecule has 7 heteroatoms. The van der Waals surface area contributed by atoms with E-state index >= 15 is 0 Å². The van der Waals surface area contributed by atoms with Gasteiger partial charge in [0.2, 0.25) is 0 Å². The molecule has 1 rings (SSSR count). The van der Waals surface area contributed by atoms with E-state index in [-0.39, 0.29) is 6.54 Å². The molecule has 0 spiro atoms. The summed E-state index contributed by atoms with van der Waals surface area (Å²) < 4.78 is 26.9. The fourth-order valence-corrected chi connectivity index (χ4v) is 1.89. The predicted octanol–water partition coefficient (Wildman–Crippen LogP) is 0.869. The highest BCUT2D eigenvalue weighted by Gasteiger charge is 2.15. The second-order valence-corrected chi connectivity index (χ2v) is 5.91. The first kappa shape index (κ1) is 14.8.